The summed E-state index contributed by atoms with van der Waals surface area (Å²) in [7, 11) is 0. The van der Waals surface area contributed by atoms with Crippen LogP contribution in [0.25, 0.3) is 16.0 Å². The van der Waals surface area contributed by atoms with Crippen LogP contribution in [0.3, 0.4) is 0 Å². The van der Waals surface area contributed by atoms with E-state index in [4.69, 9.17) is 9.47 Å². The molecule has 2 heterocycles. The maximum absolute atomic E-state index is 12.7. The third-order valence-electron chi connectivity index (χ3n) is 6.57. The van der Waals surface area contributed by atoms with E-state index in [1.807, 2.05) is 91.9 Å². The van der Waals surface area contributed by atoms with Crippen molar-refractivity contribution in [1.82, 2.24) is 10.4 Å². The number of rotatable bonds is 9. The number of carbonyl (C=O) groups is 1. The molecule has 41 heavy (non-hydrogen) atoms. The summed E-state index contributed by atoms with van der Waals surface area (Å²) in [5.74, 6) is 2.13. The Hall–Kier alpha value is -4.40. The summed E-state index contributed by atoms with van der Waals surface area (Å²) < 4.78 is 14.1. The lowest BCUT2D eigenvalue weighted by molar-refractivity contribution is -0.118. The van der Waals surface area contributed by atoms with Crippen LogP contribution in [0.15, 0.2) is 118 Å². The number of nitrogens with zero attached hydrogens (tertiary/aromatic N) is 2. The predicted molar refractivity (Wildman–Crippen MR) is 167 cm³/mol. The highest BCUT2D eigenvalue weighted by Gasteiger charge is 2.31. The number of hydrogen-bond acceptors (Lipinski definition) is 7. The van der Waals surface area contributed by atoms with Gasteiger partial charge in [0.15, 0.2) is 4.34 Å². The molecule has 0 aliphatic carbocycles. The number of thiazole rings is 1. The number of allylic oxidation sites excluding steroid dienone is 1. The quantitative estimate of drug-likeness (QED) is 0.111. The molecule has 1 amide bonds. The fourth-order valence-corrected chi connectivity index (χ4v) is 6.62. The van der Waals surface area contributed by atoms with E-state index in [0.717, 1.165) is 48.3 Å². The molecular formula is C33H27N3O3S2. The van der Waals surface area contributed by atoms with Gasteiger partial charge >= 0.3 is 0 Å². The maximum Gasteiger partial charge on any atom is 0.250 e. The second-order valence-electron chi connectivity index (χ2n) is 9.25. The number of hydrazone groups is 1. The highest BCUT2D eigenvalue weighted by Crippen LogP contribution is 2.45. The number of hydrogen-bond donors (Lipinski definition) is 1. The number of carbonyl (C=O) groups excluding carboxylic acids is 1. The van der Waals surface area contributed by atoms with Gasteiger partial charge in [-0.15, -0.1) is 11.3 Å². The summed E-state index contributed by atoms with van der Waals surface area (Å²) in [6.45, 7) is 2.55. The summed E-state index contributed by atoms with van der Waals surface area (Å²) in [5, 5.41) is 4.40. The number of aromatic nitrogens is 1. The molecule has 204 valence electrons. The van der Waals surface area contributed by atoms with E-state index in [0.29, 0.717) is 12.4 Å². The average molecular weight is 578 g/mol. The first kappa shape index (κ1) is 26.8. The molecular weight excluding hydrogens is 551 g/mol. The van der Waals surface area contributed by atoms with Crippen molar-refractivity contribution < 1.29 is 14.3 Å². The van der Waals surface area contributed by atoms with Crippen LogP contribution in [0.4, 0.5) is 0 Å². The van der Waals surface area contributed by atoms with Gasteiger partial charge in [-0.05, 0) is 55.0 Å². The number of fused-ring (bicyclic) bond motifs is 2. The van der Waals surface area contributed by atoms with Gasteiger partial charge in [-0.25, -0.2) is 10.4 Å². The van der Waals surface area contributed by atoms with Crippen molar-refractivity contribution in [3.63, 3.8) is 0 Å². The van der Waals surface area contributed by atoms with E-state index < -0.39 is 0 Å². The van der Waals surface area contributed by atoms with Gasteiger partial charge in [0.2, 0.25) is 0 Å². The summed E-state index contributed by atoms with van der Waals surface area (Å²) in [6, 6.07) is 34.1. The van der Waals surface area contributed by atoms with Gasteiger partial charge in [-0.2, -0.15) is 5.10 Å². The van der Waals surface area contributed by atoms with Crippen LogP contribution in [-0.4, -0.2) is 29.5 Å². The molecule has 1 aliphatic rings. The normalized spacial score (nSPS) is 14.6. The molecule has 1 N–H and O–H groups in total. The Kier molecular flexibility index (Phi) is 8.11. The summed E-state index contributed by atoms with van der Waals surface area (Å²) in [5.41, 5.74) is 7.52. The predicted octanol–water partition coefficient (Wildman–Crippen LogP) is 7.52. The lowest BCUT2D eigenvalue weighted by Gasteiger charge is -2.30. The van der Waals surface area contributed by atoms with Crippen molar-refractivity contribution in [2.45, 2.75) is 17.2 Å². The Balaban J connectivity index is 1.29. The minimum Gasteiger partial charge on any atom is -0.494 e. The third-order valence-corrected chi connectivity index (χ3v) is 8.75. The molecule has 8 heteroatoms. The van der Waals surface area contributed by atoms with E-state index in [2.05, 4.69) is 33.7 Å². The van der Waals surface area contributed by atoms with Crippen molar-refractivity contribution in [2.24, 2.45) is 5.10 Å². The zero-order chi connectivity index (χ0) is 28.0. The van der Waals surface area contributed by atoms with Gasteiger partial charge in [0.25, 0.3) is 5.91 Å². The third kappa shape index (κ3) is 6.04. The standard InChI is InChI=1S/C33H27N3O3S2/c1-2-38-24-18-16-23(17-19-24)32-26(31(22-10-4-3-5-11-22)25-12-6-8-14-28(25)39-32)20-34-36-30(37)21-40-33-35-27-13-7-9-15-29(27)41-33/h3-20,31H,2,21H2,1H3,(H,36,37)/b34-20-/t31-/m0/s1. The second-order valence-corrected chi connectivity index (χ2v) is 11.5. The second kappa shape index (κ2) is 12.4. The molecule has 1 aromatic heterocycles. The van der Waals surface area contributed by atoms with Gasteiger partial charge in [0, 0.05) is 22.6 Å². The van der Waals surface area contributed by atoms with E-state index in [1.54, 1.807) is 17.6 Å². The van der Waals surface area contributed by atoms with Gasteiger partial charge in [0.1, 0.15) is 17.3 Å². The average Bonchev–Trinajstić information content (AvgIpc) is 3.44. The fraction of sp³-hybridized carbons (Fsp3) is 0.121. The van der Waals surface area contributed by atoms with Gasteiger partial charge in [-0.1, -0.05) is 72.4 Å². The van der Waals surface area contributed by atoms with Gasteiger partial charge < -0.3 is 9.47 Å². The molecule has 0 saturated carbocycles. The smallest absolute Gasteiger partial charge is 0.250 e. The molecule has 0 radical (unpaired) electrons. The highest BCUT2D eigenvalue weighted by atomic mass is 32.2. The molecule has 6 rings (SSSR count). The monoisotopic (exact) mass is 577 g/mol. The number of benzene rings is 4. The Morgan fingerprint density at radius 3 is 2.56 bits per heavy atom. The van der Waals surface area contributed by atoms with Crippen molar-refractivity contribution in [3.8, 4) is 11.5 Å². The first-order chi connectivity index (χ1) is 20.2. The first-order valence-corrected chi connectivity index (χ1v) is 15.1. The number of nitrogens with one attached hydrogen (secondary N) is 1. The topological polar surface area (TPSA) is 72.8 Å². The minimum absolute atomic E-state index is 0.138. The van der Waals surface area contributed by atoms with E-state index in [9.17, 15) is 4.79 Å². The molecule has 0 bridgehead atoms. The SMILES string of the molecule is CCOc1ccc(C2=C(/C=N\NC(=O)CSc3nc4ccccc4s3)[C@@H](c3ccccc3)c3ccccc3O2)cc1. The van der Waals surface area contributed by atoms with Crippen LogP contribution in [0.5, 0.6) is 11.5 Å². The molecule has 5 aromatic rings. The van der Waals surface area contributed by atoms with Crippen LogP contribution in [0.1, 0.15) is 29.5 Å². The molecule has 0 fully saturated rings. The van der Waals surface area contributed by atoms with E-state index in [-0.39, 0.29) is 17.6 Å². The molecule has 4 aromatic carbocycles. The Labute approximate surface area is 246 Å². The van der Waals surface area contributed by atoms with Crippen LogP contribution in [-0.2, 0) is 4.79 Å². The molecule has 1 atom stereocenters. The minimum atomic E-state index is -0.206. The fourth-order valence-electron chi connectivity index (χ4n) is 4.76. The zero-order valence-electron chi connectivity index (χ0n) is 22.3. The van der Waals surface area contributed by atoms with Crippen molar-refractivity contribution in [3.05, 3.63) is 125 Å². The molecule has 0 saturated heterocycles. The van der Waals surface area contributed by atoms with Gasteiger partial charge in [0.05, 0.1) is 28.8 Å². The Morgan fingerprint density at radius 1 is 1.00 bits per heavy atom. The first-order valence-electron chi connectivity index (χ1n) is 13.3. The zero-order valence-corrected chi connectivity index (χ0v) is 24.0. The molecule has 6 nitrogen and oxygen atoms in total. The van der Waals surface area contributed by atoms with E-state index in [1.165, 1.54) is 11.8 Å². The van der Waals surface area contributed by atoms with E-state index >= 15 is 0 Å². The summed E-state index contributed by atoms with van der Waals surface area (Å²) >= 11 is 2.98. The lowest BCUT2D eigenvalue weighted by Crippen LogP contribution is -2.22. The van der Waals surface area contributed by atoms with Gasteiger partial charge in [-0.3, -0.25) is 4.79 Å². The number of amides is 1. The van der Waals surface area contributed by atoms with Crippen LogP contribution in [0.2, 0.25) is 0 Å². The number of ether oxygens (including phenoxy) is 2. The Morgan fingerprint density at radius 2 is 1.76 bits per heavy atom. The van der Waals surface area contributed by atoms with Crippen LogP contribution in [0, 0.1) is 0 Å². The largest absolute Gasteiger partial charge is 0.494 e. The molecule has 0 spiro atoms. The number of thioether (sulfide) groups is 1. The Bertz CT molecular complexity index is 1700. The van der Waals surface area contributed by atoms with Crippen molar-refractivity contribution in [2.75, 3.05) is 12.4 Å². The highest BCUT2D eigenvalue weighted by molar-refractivity contribution is 8.01. The molecule has 1 aliphatic heterocycles. The van der Waals surface area contributed by atoms with Crippen molar-refractivity contribution in [1.29, 1.82) is 0 Å². The lowest BCUT2D eigenvalue weighted by atomic mass is 9.81. The molecule has 0 unspecified atom stereocenters. The van der Waals surface area contributed by atoms with Crippen LogP contribution < -0.4 is 14.9 Å². The number of para-hydroxylation sites is 2. The summed E-state index contributed by atoms with van der Waals surface area (Å²) in [4.78, 5) is 17.3. The maximum atomic E-state index is 12.7. The van der Waals surface area contributed by atoms with Crippen molar-refractivity contribution >= 4 is 51.2 Å². The summed E-state index contributed by atoms with van der Waals surface area (Å²) in [6.07, 6.45) is 1.71. The van der Waals surface area contributed by atoms with Crippen LogP contribution >= 0.6 is 23.1 Å².